The molecule has 1 aliphatic heterocycles. The van der Waals surface area contributed by atoms with Gasteiger partial charge in [0.15, 0.2) is 0 Å². The van der Waals surface area contributed by atoms with E-state index >= 15 is 0 Å². The summed E-state index contributed by atoms with van der Waals surface area (Å²) in [5.74, 6) is 0. The zero-order valence-corrected chi connectivity index (χ0v) is 12.1. The number of aliphatic hydroxyl groups excluding tert-OH is 1. The normalized spacial score (nSPS) is 20.0. The van der Waals surface area contributed by atoms with Crippen LogP contribution in [0, 0.1) is 0 Å². The molecule has 1 N–H and O–H groups in total. The standard InChI is InChI=1S/C16H23N3O/c1-18-16-9-3-2-8-14(16)15(17-18)12-19-10-4-6-13(19)7-5-11-20/h2-3,8-9,13,20H,4-7,10-12H2,1H3. The van der Waals surface area contributed by atoms with Crippen molar-refractivity contribution in [2.24, 2.45) is 7.05 Å². The fourth-order valence-electron chi connectivity index (χ4n) is 3.35. The van der Waals surface area contributed by atoms with Crippen molar-refractivity contribution in [3.63, 3.8) is 0 Å². The van der Waals surface area contributed by atoms with Gasteiger partial charge in [0.2, 0.25) is 0 Å². The van der Waals surface area contributed by atoms with Gasteiger partial charge < -0.3 is 5.11 Å². The lowest BCUT2D eigenvalue weighted by molar-refractivity contribution is 0.208. The highest BCUT2D eigenvalue weighted by atomic mass is 16.2. The number of benzene rings is 1. The summed E-state index contributed by atoms with van der Waals surface area (Å²) in [4.78, 5) is 2.53. The number of likely N-dealkylation sites (tertiary alicyclic amines) is 1. The number of aliphatic hydroxyl groups is 1. The number of fused-ring (bicyclic) bond motifs is 1. The van der Waals surface area contributed by atoms with Crippen LogP contribution >= 0.6 is 0 Å². The van der Waals surface area contributed by atoms with Gasteiger partial charge in [0.1, 0.15) is 0 Å². The molecule has 0 aliphatic carbocycles. The van der Waals surface area contributed by atoms with E-state index in [1.807, 2.05) is 11.7 Å². The molecule has 3 rings (SSSR count). The molecule has 2 heterocycles. The molecule has 20 heavy (non-hydrogen) atoms. The summed E-state index contributed by atoms with van der Waals surface area (Å²) in [5.41, 5.74) is 2.38. The number of aromatic nitrogens is 2. The van der Waals surface area contributed by atoms with Crippen molar-refractivity contribution in [2.75, 3.05) is 13.2 Å². The minimum absolute atomic E-state index is 0.302. The van der Waals surface area contributed by atoms with E-state index in [-0.39, 0.29) is 0 Å². The Hall–Kier alpha value is -1.39. The van der Waals surface area contributed by atoms with Crippen molar-refractivity contribution in [3.8, 4) is 0 Å². The fraction of sp³-hybridized carbons (Fsp3) is 0.562. The molecule has 1 aromatic heterocycles. The topological polar surface area (TPSA) is 41.3 Å². The first-order valence-corrected chi connectivity index (χ1v) is 7.55. The second kappa shape index (κ2) is 5.94. The largest absolute Gasteiger partial charge is 0.396 e. The molecule has 0 amide bonds. The Bertz CT molecular complexity index is 578. The van der Waals surface area contributed by atoms with Gasteiger partial charge in [-0.2, -0.15) is 5.10 Å². The lowest BCUT2D eigenvalue weighted by Gasteiger charge is -2.23. The number of hydrogen-bond acceptors (Lipinski definition) is 3. The fourth-order valence-corrected chi connectivity index (χ4v) is 3.35. The Morgan fingerprint density at radius 1 is 1.35 bits per heavy atom. The summed E-state index contributed by atoms with van der Waals surface area (Å²) in [6.45, 7) is 2.38. The Morgan fingerprint density at radius 3 is 3.05 bits per heavy atom. The molecular weight excluding hydrogens is 250 g/mol. The van der Waals surface area contributed by atoms with Gasteiger partial charge in [0, 0.05) is 31.6 Å². The average Bonchev–Trinajstić information content (AvgIpc) is 3.03. The Morgan fingerprint density at radius 2 is 2.20 bits per heavy atom. The predicted octanol–water partition coefficient (Wildman–Crippen LogP) is 2.31. The Labute approximate surface area is 120 Å². The van der Waals surface area contributed by atoms with Crippen LogP contribution in [-0.2, 0) is 13.6 Å². The van der Waals surface area contributed by atoms with Gasteiger partial charge in [-0.05, 0) is 38.3 Å². The molecule has 0 bridgehead atoms. The molecule has 0 radical (unpaired) electrons. The maximum Gasteiger partial charge on any atom is 0.0843 e. The number of rotatable bonds is 5. The van der Waals surface area contributed by atoms with E-state index in [0.717, 1.165) is 25.9 Å². The van der Waals surface area contributed by atoms with Crippen LogP contribution in [0.1, 0.15) is 31.4 Å². The summed E-state index contributed by atoms with van der Waals surface area (Å²) in [6.07, 6.45) is 4.52. The molecule has 0 saturated carbocycles. The summed E-state index contributed by atoms with van der Waals surface area (Å²) in [7, 11) is 2.01. The van der Waals surface area contributed by atoms with E-state index in [2.05, 4.69) is 29.2 Å². The first-order valence-electron chi connectivity index (χ1n) is 7.55. The number of nitrogens with zero attached hydrogens (tertiary/aromatic N) is 3. The van der Waals surface area contributed by atoms with Crippen molar-refractivity contribution >= 4 is 10.9 Å². The highest BCUT2D eigenvalue weighted by Crippen LogP contribution is 2.26. The minimum Gasteiger partial charge on any atom is -0.396 e. The van der Waals surface area contributed by atoms with Crippen molar-refractivity contribution in [1.82, 2.24) is 14.7 Å². The minimum atomic E-state index is 0.302. The van der Waals surface area contributed by atoms with Gasteiger partial charge in [-0.1, -0.05) is 18.2 Å². The van der Waals surface area contributed by atoms with Crippen molar-refractivity contribution in [3.05, 3.63) is 30.0 Å². The second-order valence-corrected chi connectivity index (χ2v) is 5.72. The van der Waals surface area contributed by atoms with E-state index < -0.39 is 0 Å². The smallest absolute Gasteiger partial charge is 0.0843 e. The van der Waals surface area contributed by atoms with Crippen LogP contribution in [0.4, 0.5) is 0 Å². The molecular formula is C16H23N3O. The van der Waals surface area contributed by atoms with Crippen molar-refractivity contribution in [1.29, 1.82) is 0 Å². The molecule has 108 valence electrons. The summed E-state index contributed by atoms with van der Waals surface area (Å²) in [5, 5.41) is 15.0. The molecule has 1 fully saturated rings. The summed E-state index contributed by atoms with van der Waals surface area (Å²) in [6, 6.07) is 9.05. The number of para-hydroxylation sites is 1. The molecule has 1 aromatic carbocycles. The van der Waals surface area contributed by atoms with Crippen LogP contribution in [0.25, 0.3) is 10.9 Å². The van der Waals surface area contributed by atoms with Crippen LogP contribution in [0.5, 0.6) is 0 Å². The molecule has 1 unspecified atom stereocenters. The highest BCUT2D eigenvalue weighted by Gasteiger charge is 2.25. The molecule has 4 heteroatoms. The van der Waals surface area contributed by atoms with E-state index in [9.17, 15) is 0 Å². The molecule has 4 nitrogen and oxygen atoms in total. The first-order chi connectivity index (χ1) is 9.79. The van der Waals surface area contributed by atoms with Gasteiger partial charge in [0.25, 0.3) is 0 Å². The summed E-state index contributed by atoms with van der Waals surface area (Å²) >= 11 is 0. The van der Waals surface area contributed by atoms with Crippen LogP contribution in [0.3, 0.4) is 0 Å². The van der Waals surface area contributed by atoms with E-state index in [1.165, 1.54) is 29.4 Å². The SMILES string of the molecule is Cn1nc(CN2CCCC2CCCO)c2ccccc21. The summed E-state index contributed by atoms with van der Waals surface area (Å²) < 4.78 is 1.98. The van der Waals surface area contributed by atoms with Gasteiger partial charge in [-0.25, -0.2) is 0 Å². The molecule has 1 saturated heterocycles. The van der Waals surface area contributed by atoms with Crippen molar-refractivity contribution in [2.45, 2.75) is 38.3 Å². The zero-order chi connectivity index (χ0) is 13.9. The van der Waals surface area contributed by atoms with Crippen LogP contribution in [0.15, 0.2) is 24.3 Å². The number of aryl methyl sites for hydroxylation is 1. The van der Waals surface area contributed by atoms with E-state index in [0.29, 0.717) is 12.6 Å². The number of hydrogen-bond donors (Lipinski definition) is 1. The van der Waals surface area contributed by atoms with Gasteiger partial charge in [-0.15, -0.1) is 0 Å². The maximum atomic E-state index is 9.01. The Kier molecular flexibility index (Phi) is 4.03. The average molecular weight is 273 g/mol. The van der Waals surface area contributed by atoms with Crippen LogP contribution in [-0.4, -0.2) is 39.0 Å². The maximum absolute atomic E-state index is 9.01. The third-order valence-corrected chi connectivity index (χ3v) is 4.38. The first kappa shape index (κ1) is 13.6. The van der Waals surface area contributed by atoms with E-state index in [4.69, 9.17) is 10.2 Å². The molecule has 1 aliphatic rings. The Balaban J connectivity index is 1.79. The predicted molar refractivity (Wildman–Crippen MR) is 80.5 cm³/mol. The highest BCUT2D eigenvalue weighted by molar-refractivity contribution is 5.81. The third kappa shape index (κ3) is 2.58. The van der Waals surface area contributed by atoms with Crippen LogP contribution in [0.2, 0.25) is 0 Å². The monoisotopic (exact) mass is 273 g/mol. The van der Waals surface area contributed by atoms with Crippen LogP contribution < -0.4 is 0 Å². The molecule has 1 atom stereocenters. The lowest BCUT2D eigenvalue weighted by Crippen LogP contribution is -2.29. The van der Waals surface area contributed by atoms with Gasteiger partial charge >= 0.3 is 0 Å². The second-order valence-electron chi connectivity index (χ2n) is 5.72. The third-order valence-electron chi connectivity index (χ3n) is 4.38. The van der Waals surface area contributed by atoms with Gasteiger partial charge in [0.05, 0.1) is 11.2 Å². The van der Waals surface area contributed by atoms with E-state index in [1.54, 1.807) is 0 Å². The molecule has 2 aromatic rings. The zero-order valence-electron chi connectivity index (χ0n) is 12.1. The molecule has 0 spiro atoms. The van der Waals surface area contributed by atoms with Crippen molar-refractivity contribution < 1.29 is 5.11 Å². The lowest BCUT2D eigenvalue weighted by atomic mass is 10.1. The quantitative estimate of drug-likeness (QED) is 0.909. The van der Waals surface area contributed by atoms with Gasteiger partial charge in [-0.3, -0.25) is 9.58 Å².